The third-order valence-electron chi connectivity index (χ3n) is 0. The van der Waals surface area contributed by atoms with Gasteiger partial charge in [-0.15, -0.1) is 0 Å². The van der Waals surface area contributed by atoms with Crippen molar-refractivity contribution in [2.45, 2.75) is 0 Å². The summed E-state index contributed by atoms with van der Waals surface area (Å²) in [6.07, 6.45) is 0. The van der Waals surface area contributed by atoms with E-state index in [-0.39, 0.29) is 29.6 Å². The molecule has 0 saturated carbocycles. The normalized spacial score (nSPS) is 2.00. The molecule has 0 bridgehead atoms. The molecule has 0 spiro atoms. The van der Waals surface area contributed by atoms with Gasteiger partial charge in [0.2, 0.25) is 0 Å². The Morgan fingerprint density at radius 3 is 1.25 bits per heavy atom. The minimum absolute atomic E-state index is 0. The zero-order valence-corrected chi connectivity index (χ0v) is 2.66. The van der Waals surface area contributed by atoms with E-state index in [2.05, 4.69) is 0 Å². The average molecular weight is 107 g/mol. The van der Waals surface area contributed by atoms with Crippen LogP contribution < -0.4 is 0 Å². The van der Waals surface area contributed by atoms with Gasteiger partial charge in [-0.25, -0.2) is 0 Å². The summed E-state index contributed by atoms with van der Waals surface area (Å²) < 4.78 is 16.9. The van der Waals surface area contributed by atoms with Gasteiger partial charge in [-0.2, -0.15) is 0 Å². The van der Waals surface area contributed by atoms with Crippen LogP contribution in [-0.2, 0) is 23.5 Å². The van der Waals surface area contributed by atoms with E-state index in [0.29, 0.717) is 0 Å². The second-order valence-electron chi connectivity index (χ2n) is 0.0745. The molecule has 0 amide bonds. The van der Waals surface area contributed by atoms with Gasteiger partial charge in [0.05, 0.1) is 0 Å². The molecule has 0 heterocycles. The fraction of sp³-hybridized carbons (Fsp3) is 0. The molecule has 0 aliphatic carbocycles. The Morgan fingerprint density at radius 2 is 1.25 bits per heavy atom. The second-order valence-corrected chi connectivity index (χ2v) is 0.307. The van der Waals surface area contributed by atoms with E-state index in [1.54, 1.807) is 0 Å². The monoisotopic (exact) mass is 107 g/mol. The predicted octanol–water partition coefficient (Wildman–Crippen LogP) is -0.889. The van der Waals surface area contributed by atoms with Gasteiger partial charge < -0.3 is 0 Å². The molecule has 0 rings (SSSR count). The molecule has 0 aromatic carbocycles. The van der Waals surface area contributed by atoms with Gasteiger partial charge in [-0.05, 0) is 0 Å². The van der Waals surface area contributed by atoms with Gasteiger partial charge in [-0.1, -0.05) is 0 Å². The third-order valence-corrected chi connectivity index (χ3v) is 0. The Hall–Kier alpha value is 1.18. The molecule has 0 aromatic rings. The molecule has 0 atom stereocenters. The molecule has 0 aromatic heterocycles. The summed E-state index contributed by atoms with van der Waals surface area (Å²) >= 11 is -1.81. The van der Waals surface area contributed by atoms with E-state index in [0.717, 1.165) is 0 Å². The Labute approximate surface area is 52.8 Å². The maximum absolute atomic E-state index is 8.47. The number of hydrogen-bond acceptors (Lipinski definition) is 2. The summed E-state index contributed by atoms with van der Waals surface area (Å²) in [6.45, 7) is 0. The van der Waals surface area contributed by atoms with Crippen molar-refractivity contribution >= 4 is 29.6 Å². The van der Waals surface area contributed by atoms with Crippen molar-refractivity contribution in [3.05, 3.63) is 0 Å². The van der Waals surface area contributed by atoms with E-state index in [4.69, 9.17) is 7.35 Å². The molecule has 0 unspecified atom stereocenters. The molecule has 19 valence electrons. The molecule has 0 aliphatic heterocycles. The zero-order chi connectivity index (χ0) is 2.71. The SMILES string of the molecule is [NaH].[O]=[V]=[O]. The van der Waals surface area contributed by atoms with Crippen LogP contribution in [0, 0.1) is 0 Å². The Bertz CT molecular complexity index is 27.0. The molecule has 0 radical (unpaired) electrons. The Morgan fingerprint density at radius 1 is 1.25 bits per heavy atom. The first-order valence-corrected chi connectivity index (χ1v) is 1.51. The van der Waals surface area contributed by atoms with Crippen LogP contribution in [-0.4, -0.2) is 29.6 Å². The Balaban J connectivity index is 0. The van der Waals surface area contributed by atoms with Gasteiger partial charge in [0, 0.05) is 0 Å². The van der Waals surface area contributed by atoms with Crippen molar-refractivity contribution < 1.29 is 23.5 Å². The summed E-state index contributed by atoms with van der Waals surface area (Å²) in [7, 11) is 0. The van der Waals surface area contributed by atoms with E-state index in [9.17, 15) is 0 Å². The summed E-state index contributed by atoms with van der Waals surface area (Å²) in [5.74, 6) is 0. The van der Waals surface area contributed by atoms with Crippen LogP contribution >= 0.6 is 0 Å². The van der Waals surface area contributed by atoms with E-state index in [1.165, 1.54) is 0 Å². The van der Waals surface area contributed by atoms with Crippen LogP contribution in [0.5, 0.6) is 0 Å². The van der Waals surface area contributed by atoms with Crippen LogP contribution in [0.2, 0.25) is 0 Å². The zero-order valence-electron chi connectivity index (χ0n) is 1.26. The molecule has 0 fully saturated rings. The van der Waals surface area contributed by atoms with Gasteiger partial charge in [-0.3, -0.25) is 0 Å². The van der Waals surface area contributed by atoms with Crippen molar-refractivity contribution in [2.75, 3.05) is 0 Å². The van der Waals surface area contributed by atoms with Crippen molar-refractivity contribution in [3.63, 3.8) is 0 Å². The molecular formula is HNaO2V. The van der Waals surface area contributed by atoms with Gasteiger partial charge >= 0.3 is 53.1 Å². The number of rotatable bonds is 0. The quantitative estimate of drug-likeness (QED) is 0.376. The number of hydrogen-bond donors (Lipinski definition) is 0. The maximum atomic E-state index is 8.47. The second kappa shape index (κ2) is 8.89. The van der Waals surface area contributed by atoms with Crippen LogP contribution in [0.3, 0.4) is 0 Å². The standard InChI is InChI=1S/Na.2O.V.H. The minimum atomic E-state index is -1.81. The third kappa shape index (κ3) is 10.8. The summed E-state index contributed by atoms with van der Waals surface area (Å²) in [5.41, 5.74) is 0. The van der Waals surface area contributed by atoms with Gasteiger partial charge in [0.1, 0.15) is 0 Å². The molecular weight excluding hydrogens is 106 g/mol. The predicted molar refractivity (Wildman–Crippen MR) is 8.52 cm³/mol. The molecule has 4 heteroatoms. The van der Waals surface area contributed by atoms with Crippen LogP contribution in [0.4, 0.5) is 0 Å². The van der Waals surface area contributed by atoms with Crippen LogP contribution in [0.1, 0.15) is 0 Å². The average Bonchev–Trinajstić information content (AvgIpc) is 0.918. The van der Waals surface area contributed by atoms with Gasteiger partial charge in [0.25, 0.3) is 0 Å². The first kappa shape index (κ1) is 8.95. The molecule has 2 nitrogen and oxygen atoms in total. The van der Waals surface area contributed by atoms with Crippen LogP contribution in [0.25, 0.3) is 0 Å². The first-order valence-electron chi connectivity index (χ1n) is 0.365. The fourth-order valence-electron chi connectivity index (χ4n) is 0. The van der Waals surface area contributed by atoms with Crippen molar-refractivity contribution in [1.82, 2.24) is 0 Å². The first-order chi connectivity index (χ1) is 1.41. The van der Waals surface area contributed by atoms with Gasteiger partial charge in [0.15, 0.2) is 0 Å². The summed E-state index contributed by atoms with van der Waals surface area (Å²) in [4.78, 5) is 0. The molecule has 4 heavy (non-hydrogen) atoms. The van der Waals surface area contributed by atoms with Crippen molar-refractivity contribution in [2.24, 2.45) is 0 Å². The van der Waals surface area contributed by atoms with E-state index < -0.39 is 16.2 Å². The Kier molecular flexibility index (Phi) is 19.9. The topological polar surface area (TPSA) is 34.1 Å². The summed E-state index contributed by atoms with van der Waals surface area (Å²) in [5, 5.41) is 0. The van der Waals surface area contributed by atoms with Crippen molar-refractivity contribution in [1.29, 1.82) is 0 Å². The van der Waals surface area contributed by atoms with E-state index in [1.807, 2.05) is 0 Å². The summed E-state index contributed by atoms with van der Waals surface area (Å²) in [6, 6.07) is 0. The van der Waals surface area contributed by atoms with Crippen LogP contribution in [0.15, 0.2) is 0 Å². The molecule has 0 aliphatic rings. The molecule has 0 N–H and O–H groups in total. The fourth-order valence-corrected chi connectivity index (χ4v) is 0. The molecule has 0 saturated heterocycles. The van der Waals surface area contributed by atoms with Crippen molar-refractivity contribution in [3.8, 4) is 0 Å². The van der Waals surface area contributed by atoms with E-state index >= 15 is 0 Å².